The lowest BCUT2D eigenvalue weighted by Gasteiger charge is -2.47. The minimum Gasteiger partial charge on any atom is -0.390 e. The van der Waals surface area contributed by atoms with Crippen LogP contribution in [-0.4, -0.2) is 81.4 Å². The normalized spacial score (nSPS) is 21.6. The highest BCUT2D eigenvalue weighted by atomic mass is 19.4. The standard InChI is InChI=1S/C39H54F3N5O5/c1-24(48)20-38(5,6)33(45-34(50)27-16-17-32(43-21-27)39(40,41)42)36(52)44-29(18-25-12-8-7-9-13-25)31(49)23-47-22-28-15-11-10-14-26(28)19-30(47)35(51)46-37(2,3)4/h7-9,12-13,16-17,21,26,28-31,33,49H,10-11,14-15,18-20,22-23H2,1-6H3,(H,44,52)(H,45,50)(H,46,51)/t26?,28?,29?,30-,31+,33+/m0/s1. The highest BCUT2D eigenvalue weighted by Gasteiger charge is 2.43. The van der Waals surface area contributed by atoms with Gasteiger partial charge in [0.2, 0.25) is 11.8 Å². The number of aliphatic hydroxyl groups is 1. The maximum atomic E-state index is 14.2. The van der Waals surface area contributed by atoms with Gasteiger partial charge in [-0.25, -0.2) is 0 Å². The number of aromatic nitrogens is 1. The quantitative estimate of drug-likeness (QED) is 0.225. The molecule has 0 spiro atoms. The van der Waals surface area contributed by atoms with Crippen LogP contribution >= 0.6 is 0 Å². The molecule has 0 bridgehead atoms. The Morgan fingerprint density at radius 2 is 1.60 bits per heavy atom. The number of rotatable bonds is 13. The van der Waals surface area contributed by atoms with Crippen LogP contribution in [0, 0.1) is 17.3 Å². The number of aliphatic hydroxyl groups excluding tert-OH is 1. The van der Waals surface area contributed by atoms with E-state index < -0.39 is 58.9 Å². The van der Waals surface area contributed by atoms with Gasteiger partial charge in [0, 0.05) is 36.7 Å². The van der Waals surface area contributed by atoms with Crippen molar-refractivity contribution in [2.24, 2.45) is 17.3 Å². The molecule has 1 aliphatic heterocycles. The van der Waals surface area contributed by atoms with E-state index in [0.29, 0.717) is 30.9 Å². The molecule has 0 radical (unpaired) electrons. The van der Waals surface area contributed by atoms with Gasteiger partial charge in [-0.05, 0) is 76.5 Å². The number of hydrogen-bond acceptors (Lipinski definition) is 7. The van der Waals surface area contributed by atoms with Crippen LogP contribution in [0.5, 0.6) is 0 Å². The van der Waals surface area contributed by atoms with Crippen LogP contribution in [-0.2, 0) is 27.0 Å². The summed E-state index contributed by atoms with van der Waals surface area (Å²) in [7, 11) is 0. The summed E-state index contributed by atoms with van der Waals surface area (Å²) in [6.07, 6.45) is 0.139. The van der Waals surface area contributed by atoms with Crippen molar-refractivity contribution in [3.05, 3.63) is 65.5 Å². The van der Waals surface area contributed by atoms with Crippen molar-refractivity contribution in [3.8, 4) is 0 Å². The van der Waals surface area contributed by atoms with E-state index in [4.69, 9.17) is 0 Å². The van der Waals surface area contributed by atoms with Crippen LogP contribution in [0.3, 0.4) is 0 Å². The lowest BCUT2D eigenvalue weighted by molar-refractivity contribution is -0.141. The van der Waals surface area contributed by atoms with Crippen molar-refractivity contribution in [1.29, 1.82) is 0 Å². The molecule has 4 N–H and O–H groups in total. The first-order chi connectivity index (χ1) is 24.2. The zero-order chi connectivity index (χ0) is 38.4. The van der Waals surface area contributed by atoms with Crippen LogP contribution in [0.15, 0.2) is 48.7 Å². The third kappa shape index (κ3) is 11.3. The predicted octanol–water partition coefficient (Wildman–Crippen LogP) is 5.09. The molecular weight excluding hydrogens is 675 g/mol. The van der Waals surface area contributed by atoms with Crippen LogP contribution in [0.4, 0.5) is 13.2 Å². The summed E-state index contributed by atoms with van der Waals surface area (Å²) >= 11 is 0. The number of nitrogens with zero attached hydrogens (tertiary/aromatic N) is 2. The number of benzene rings is 1. The number of carbonyl (C=O) groups is 4. The fourth-order valence-corrected chi connectivity index (χ4v) is 7.68. The van der Waals surface area contributed by atoms with Crippen LogP contribution in [0.1, 0.15) is 102 Å². The molecule has 52 heavy (non-hydrogen) atoms. The number of Topliss-reactive ketones (excluding diaryl/α,β-unsaturated/α-hetero) is 1. The van der Waals surface area contributed by atoms with E-state index in [1.165, 1.54) is 6.92 Å². The molecule has 1 aromatic heterocycles. The van der Waals surface area contributed by atoms with Crippen molar-refractivity contribution >= 4 is 23.5 Å². The third-order valence-corrected chi connectivity index (χ3v) is 10.2. The maximum absolute atomic E-state index is 14.2. The number of fused-ring (bicyclic) bond motifs is 1. The summed E-state index contributed by atoms with van der Waals surface area (Å²) in [5, 5.41) is 20.7. The lowest BCUT2D eigenvalue weighted by Crippen LogP contribution is -2.62. The summed E-state index contributed by atoms with van der Waals surface area (Å²) < 4.78 is 39.3. The molecule has 13 heteroatoms. The number of piperidine rings is 1. The first-order valence-corrected chi connectivity index (χ1v) is 18.2. The van der Waals surface area contributed by atoms with Crippen molar-refractivity contribution in [2.45, 2.75) is 122 Å². The van der Waals surface area contributed by atoms with Crippen molar-refractivity contribution in [2.75, 3.05) is 13.1 Å². The molecule has 1 aromatic carbocycles. The van der Waals surface area contributed by atoms with Crippen molar-refractivity contribution in [1.82, 2.24) is 25.8 Å². The number of nitrogens with one attached hydrogen (secondary N) is 3. The molecule has 6 atom stereocenters. The molecule has 3 unspecified atom stereocenters. The smallest absolute Gasteiger partial charge is 0.390 e. The number of alkyl halides is 3. The van der Waals surface area contributed by atoms with Crippen molar-refractivity contribution < 1.29 is 37.5 Å². The zero-order valence-corrected chi connectivity index (χ0v) is 31.1. The number of likely N-dealkylation sites (tertiary alicyclic amines) is 1. The Morgan fingerprint density at radius 3 is 2.17 bits per heavy atom. The van der Waals surface area contributed by atoms with E-state index in [1.807, 2.05) is 56.0 Å². The minimum absolute atomic E-state index is 0.0938. The number of β-amino-alcohol motifs (C(OH)–C–C–N with tert-alkyl or cyclic N) is 1. The monoisotopic (exact) mass is 729 g/mol. The van der Waals surface area contributed by atoms with Crippen LogP contribution in [0.25, 0.3) is 0 Å². The number of amides is 3. The highest BCUT2D eigenvalue weighted by Crippen LogP contribution is 2.39. The Balaban J connectivity index is 1.61. The van der Waals surface area contributed by atoms with Crippen LogP contribution in [0.2, 0.25) is 0 Å². The van der Waals surface area contributed by atoms with Crippen LogP contribution < -0.4 is 16.0 Å². The van der Waals surface area contributed by atoms with Gasteiger partial charge in [0.1, 0.15) is 17.5 Å². The van der Waals surface area contributed by atoms with Gasteiger partial charge < -0.3 is 25.9 Å². The Bertz CT molecular complexity index is 1540. The van der Waals surface area contributed by atoms with Crippen molar-refractivity contribution in [3.63, 3.8) is 0 Å². The Hall–Kier alpha value is -3.84. The van der Waals surface area contributed by atoms with E-state index >= 15 is 0 Å². The van der Waals surface area contributed by atoms with Gasteiger partial charge in [0.25, 0.3) is 5.91 Å². The summed E-state index contributed by atoms with van der Waals surface area (Å²) in [6, 6.07) is 8.29. The fraction of sp³-hybridized carbons (Fsp3) is 0.615. The molecule has 4 rings (SSSR count). The van der Waals surface area contributed by atoms with Gasteiger partial charge in [-0.2, -0.15) is 13.2 Å². The summed E-state index contributed by atoms with van der Waals surface area (Å²) in [5.41, 5.74) is -2.11. The molecule has 1 aliphatic carbocycles. The predicted molar refractivity (Wildman–Crippen MR) is 191 cm³/mol. The largest absolute Gasteiger partial charge is 0.433 e. The van der Waals surface area contributed by atoms with E-state index in [0.717, 1.165) is 43.5 Å². The van der Waals surface area contributed by atoms with Gasteiger partial charge in [0.05, 0.1) is 23.8 Å². The molecular formula is C39H54F3N5O5. The fourth-order valence-electron chi connectivity index (χ4n) is 7.68. The number of carbonyl (C=O) groups excluding carboxylic acids is 4. The average molecular weight is 730 g/mol. The van der Waals surface area contributed by atoms with Gasteiger partial charge >= 0.3 is 6.18 Å². The molecule has 1 saturated heterocycles. The van der Waals surface area contributed by atoms with Gasteiger partial charge in [-0.15, -0.1) is 0 Å². The van der Waals surface area contributed by atoms with E-state index in [-0.39, 0.29) is 36.6 Å². The van der Waals surface area contributed by atoms with Gasteiger partial charge in [-0.1, -0.05) is 63.4 Å². The van der Waals surface area contributed by atoms with Gasteiger partial charge in [0.15, 0.2) is 0 Å². The SMILES string of the molecule is CC(=O)CC(C)(C)[C@H](NC(=O)c1ccc(C(F)(F)F)nc1)C(=O)NC(Cc1ccccc1)[C@H](O)CN1CC2CCCCC2C[C@H]1C(=O)NC(C)(C)C. The zero-order valence-electron chi connectivity index (χ0n) is 31.1. The summed E-state index contributed by atoms with van der Waals surface area (Å²) in [5.74, 6) is -1.04. The summed E-state index contributed by atoms with van der Waals surface area (Å²) in [6.45, 7) is 11.2. The molecule has 2 fully saturated rings. The minimum atomic E-state index is -4.70. The number of ketones is 1. The first-order valence-electron chi connectivity index (χ1n) is 18.2. The first kappa shape index (κ1) is 40.9. The number of halogens is 3. The topological polar surface area (TPSA) is 141 Å². The Morgan fingerprint density at radius 1 is 0.942 bits per heavy atom. The second-order valence-corrected chi connectivity index (χ2v) is 16.3. The lowest BCUT2D eigenvalue weighted by atomic mass is 9.72. The third-order valence-electron chi connectivity index (χ3n) is 10.2. The molecule has 2 heterocycles. The molecule has 10 nitrogen and oxygen atoms in total. The van der Waals surface area contributed by atoms with E-state index in [2.05, 4.69) is 20.9 Å². The molecule has 1 saturated carbocycles. The molecule has 286 valence electrons. The van der Waals surface area contributed by atoms with E-state index in [9.17, 15) is 37.5 Å². The number of hydrogen-bond donors (Lipinski definition) is 4. The second kappa shape index (κ2) is 16.9. The van der Waals surface area contributed by atoms with Gasteiger partial charge in [-0.3, -0.25) is 24.3 Å². The Kier molecular flexibility index (Phi) is 13.3. The van der Waals surface area contributed by atoms with E-state index in [1.54, 1.807) is 13.8 Å². The molecule has 2 aliphatic rings. The molecule has 3 amide bonds. The highest BCUT2D eigenvalue weighted by molar-refractivity contribution is 5.98. The molecule has 2 aromatic rings. The average Bonchev–Trinajstić information content (AvgIpc) is 3.05. The maximum Gasteiger partial charge on any atom is 0.433 e. The Labute approximate surface area is 304 Å². The summed E-state index contributed by atoms with van der Waals surface area (Å²) in [4.78, 5) is 59.0. The second-order valence-electron chi connectivity index (χ2n) is 16.3. The number of pyridine rings is 1.